The van der Waals surface area contributed by atoms with Crippen LogP contribution >= 0.6 is 0 Å². The summed E-state index contributed by atoms with van der Waals surface area (Å²) >= 11 is 0. The minimum atomic E-state index is 0. The maximum Gasteiger partial charge on any atom is 3.00 e. The summed E-state index contributed by atoms with van der Waals surface area (Å²) in [6, 6.07) is 21.2. The largest absolute Gasteiger partial charge is 3.00 e. The fourth-order valence-electron chi connectivity index (χ4n) is 2.70. The summed E-state index contributed by atoms with van der Waals surface area (Å²) in [5, 5.41) is 0. The molecule has 3 rings (SSSR count). The zero-order valence-corrected chi connectivity index (χ0v) is 18.9. The third-order valence-corrected chi connectivity index (χ3v) is 4.97. The van der Waals surface area contributed by atoms with Crippen LogP contribution in [0.2, 0.25) is 0 Å². The van der Waals surface area contributed by atoms with E-state index in [4.69, 9.17) is 0 Å². The second-order valence-corrected chi connectivity index (χ2v) is 6.60. The second-order valence-electron chi connectivity index (χ2n) is 6.60. The van der Waals surface area contributed by atoms with Crippen LogP contribution in [0, 0.1) is 40.7 Å². The number of hydrogen-bond donors (Lipinski definition) is 0. The molecule has 0 fully saturated rings. The average Bonchev–Trinajstić information content (AvgIpc) is 3.28. The van der Waals surface area contributed by atoms with E-state index in [9.17, 15) is 0 Å². The Morgan fingerprint density at radius 1 is 0.923 bits per heavy atom. The van der Waals surface area contributed by atoms with Crippen molar-refractivity contribution in [2.24, 2.45) is 0 Å². The summed E-state index contributed by atoms with van der Waals surface area (Å²) in [7, 11) is 0. The van der Waals surface area contributed by atoms with Crippen molar-refractivity contribution in [3.8, 4) is 0 Å². The minimum absolute atomic E-state index is 0. The van der Waals surface area contributed by atoms with Gasteiger partial charge in [-0.25, -0.2) is 12.1 Å². The molecule has 0 aliphatic rings. The van der Waals surface area contributed by atoms with Crippen LogP contribution in [-0.2, 0) is 28.1 Å². The van der Waals surface area contributed by atoms with Crippen molar-refractivity contribution >= 4 is 0 Å². The topological polar surface area (TPSA) is 0 Å². The van der Waals surface area contributed by atoms with Gasteiger partial charge in [0.05, 0.1) is 0 Å². The standard InChI is InChI=1S/C10H15.C10H13.C5H5.Ti/c1-6-7(2)9(4)10(5)8(6)3;1-2-3-7-10-8-5-4-6-9-10;1-2-4-5-3-1;/h1-5H3;5-6,8-9H,2-3,7H2,1H3;1-5H;/q3*-1;+3. The van der Waals surface area contributed by atoms with Crippen LogP contribution in [0.3, 0.4) is 0 Å². The molecular formula is C25H33Ti. The van der Waals surface area contributed by atoms with Crippen molar-refractivity contribution in [3.63, 3.8) is 0 Å². The molecule has 0 aromatic heterocycles. The van der Waals surface area contributed by atoms with E-state index in [0.717, 1.165) is 0 Å². The van der Waals surface area contributed by atoms with Crippen molar-refractivity contribution < 1.29 is 21.7 Å². The summed E-state index contributed by atoms with van der Waals surface area (Å²) in [6.45, 7) is 13.2. The first-order chi connectivity index (χ1) is 12.0. The molecule has 0 aliphatic carbocycles. The summed E-state index contributed by atoms with van der Waals surface area (Å²) in [5.41, 5.74) is 8.77. The molecule has 0 atom stereocenters. The molecule has 0 N–H and O–H groups in total. The van der Waals surface area contributed by atoms with E-state index < -0.39 is 0 Å². The number of rotatable bonds is 3. The molecule has 26 heavy (non-hydrogen) atoms. The minimum Gasteiger partial charge on any atom is -0.214 e. The number of benzene rings is 1. The molecular weight excluding hydrogens is 348 g/mol. The van der Waals surface area contributed by atoms with E-state index in [2.05, 4.69) is 59.7 Å². The molecule has 0 bridgehead atoms. The van der Waals surface area contributed by atoms with Crippen molar-refractivity contribution in [1.29, 1.82) is 0 Å². The van der Waals surface area contributed by atoms with Gasteiger partial charge in [-0.15, -0.1) is 0 Å². The van der Waals surface area contributed by atoms with E-state index in [1.807, 2.05) is 42.5 Å². The number of unbranched alkanes of at least 4 members (excludes halogenated alkanes) is 1. The first-order valence-electron chi connectivity index (χ1n) is 9.30. The van der Waals surface area contributed by atoms with Crippen LogP contribution in [0.5, 0.6) is 0 Å². The molecule has 0 unspecified atom stereocenters. The van der Waals surface area contributed by atoms with Crippen LogP contribution in [-0.4, -0.2) is 0 Å². The predicted octanol–water partition coefficient (Wildman–Crippen LogP) is 7.18. The summed E-state index contributed by atoms with van der Waals surface area (Å²) < 4.78 is 0. The fourth-order valence-corrected chi connectivity index (χ4v) is 2.70. The molecule has 3 aromatic carbocycles. The van der Waals surface area contributed by atoms with Crippen LogP contribution in [0.25, 0.3) is 0 Å². The molecule has 1 radical (unpaired) electrons. The third-order valence-electron chi connectivity index (χ3n) is 4.97. The molecule has 0 amide bonds. The Bertz CT molecular complexity index is 590. The number of aryl methyl sites for hydroxylation is 1. The Morgan fingerprint density at radius 2 is 1.42 bits per heavy atom. The van der Waals surface area contributed by atoms with Crippen molar-refractivity contribution in [2.45, 2.75) is 60.8 Å². The van der Waals surface area contributed by atoms with Crippen LogP contribution in [0.15, 0.2) is 54.6 Å². The molecule has 0 nitrogen and oxygen atoms in total. The predicted molar refractivity (Wildman–Crippen MR) is 112 cm³/mol. The second kappa shape index (κ2) is 13.8. The Morgan fingerprint density at radius 3 is 1.73 bits per heavy atom. The van der Waals surface area contributed by atoms with E-state index in [-0.39, 0.29) is 21.7 Å². The zero-order valence-electron chi connectivity index (χ0n) is 17.3. The molecule has 3 aromatic rings. The Hall–Kier alpha value is -1.37. The van der Waals surface area contributed by atoms with Gasteiger partial charge in [-0.05, 0) is 0 Å². The van der Waals surface area contributed by atoms with Gasteiger partial charge in [-0.3, -0.25) is 0 Å². The van der Waals surface area contributed by atoms with Crippen LogP contribution < -0.4 is 0 Å². The van der Waals surface area contributed by atoms with Gasteiger partial charge in [0.15, 0.2) is 0 Å². The molecule has 137 valence electrons. The molecule has 0 saturated heterocycles. The van der Waals surface area contributed by atoms with Gasteiger partial charge in [-0.1, -0.05) is 60.8 Å². The SMILES string of the molecule is CCCCc1cc[c-]cc1.Cc1c(C)c(C)[c-](C)c1C.[Ti+3].c1cc[cH-]c1. The molecule has 1 heteroatoms. The van der Waals surface area contributed by atoms with Gasteiger partial charge in [0, 0.05) is 0 Å². The van der Waals surface area contributed by atoms with Crippen LogP contribution in [0.4, 0.5) is 0 Å². The van der Waals surface area contributed by atoms with E-state index in [1.54, 1.807) is 0 Å². The van der Waals surface area contributed by atoms with Gasteiger partial charge in [-0.2, -0.15) is 81.9 Å². The van der Waals surface area contributed by atoms with Gasteiger partial charge < -0.3 is 0 Å². The number of hydrogen-bond acceptors (Lipinski definition) is 0. The van der Waals surface area contributed by atoms with Gasteiger partial charge in [0.1, 0.15) is 0 Å². The van der Waals surface area contributed by atoms with Gasteiger partial charge in [0.25, 0.3) is 0 Å². The summed E-state index contributed by atoms with van der Waals surface area (Å²) in [5.74, 6) is 0. The van der Waals surface area contributed by atoms with Crippen molar-refractivity contribution in [3.05, 3.63) is 94.0 Å². The molecule has 0 heterocycles. The molecule has 0 saturated carbocycles. The maximum atomic E-state index is 3.01. The Labute approximate surface area is 176 Å². The maximum absolute atomic E-state index is 3.01. The quantitative estimate of drug-likeness (QED) is 0.333. The Kier molecular flexibility index (Phi) is 13.1. The fraction of sp³-hybridized carbons (Fsp3) is 0.360. The first kappa shape index (κ1) is 24.6. The van der Waals surface area contributed by atoms with E-state index in [1.165, 1.54) is 52.6 Å². The average molecular weight is 381 g/mol. The van der Waals surface area contributed by atoms with Crippen molar-refractivity contribution in [2.75, 3.05) is 0 Å². The van der Waals surface area contributed by atoms with E-state index in [0.29, 0.717) is 0 Å². The summed E-state index contributed by atoms with van der Waals surface area (Å²) in [4.78, 5) is 0. The van der Waals surface area contributed by atoms with Gasteiger partial charge in [0.2, 0.25) is 0 Å². The smallest absolute Gasteiger partial charge is 0.214 e. The third kappa shape index (κ3) is 8.34. The first-order valence-corrected chi connectivity index (χ1v) is 9.30. The van der Waals surface area contributed by atoms with Crippen LogP contribution in [0.1, 0.15) is 53.1 Å². The van der Waals surface area contributed by atoms with Crippen molar-refractivity contribution in [1.82, 2.24) is 0 Å². The van der Waals surface area contributed by atoms with E-state index >= 15 is 0 Å². The summed E-state index contributed by atoms with van der Waals surface area (Å²) in [6.07, 6.45) is 3.79. The zero-order chi connectivity index (χ0) is 18.7. The molecule has 0 aliphatic heterocycles. The molecule has 0 spiro atoms. The normalized spacial score (nSPS) is 9.31. The Balaban J connectivity index is 0.000000372. The van der Waals surface area contributed by atoms with Gasteiger partial charge >= 0.3 is 21.7 Å². The monoisotopic (exact) mass is 381 g/mol.